The van der Waals surface area contributed by atoms with Crippen LogP contribution in [0.25, 0.3) is 0 Å². The third kappa shape index (κ3) is 0.887. The molecule has 0 spiro atoms. The van der Waals surface area contributed by atoms with Gasteiger partial charge in [0, 0.05) is 6.32 Å². The Labute approximate surface area is 43.3 Å². The maximum atomic E-state index is 4.90. The van der Waals surface area contributed by atoms with E-state index in [9.17, 15) is 0 Å². The fraction of sp³-hybridized carbons (Fsp3) is 0.500. The van der Waals surface area contributed by atoms with Gasteiger partial charge in [0.15, 0.2) is 0 Å². The minimum atomic E-state index is -0.0139. The Morgan fingerprint density at radius 1 is 1.43 bits per heavy atom. The van der Waals surface area contributed by atoms with Crippen LogP contribution in [0.2, 0.25) is 6.32 Å². The normalized spacial score (nSPS) is 16.4. The highest BCUT2D eigenvalue weighted by atomic mass is 16.6. The highest BCUT2D eigenvalue weighted by Crippen LogP contribution is 2.03. The monoisotopic (exact) mass is 98.1 g/mol. The average molecular weight is 97.9 g/mol. The molecule has 7 heavy (non-hydrogen) atoms. The predicted molar refractivity (Wildman–Crippen MR) is 27.5 cm³/mol. The first-order valence-electron chi connectivity index (χ1n) is 2.39. The third-order valence-corrected chi connectivity index (χ3v) is 0.850. The molecule has 1 rings (SSSR count). The highest BCUT2D eigenvalue weighted by Gasteiger charge is 2.18. The molecule has 0 aliphatic carbocycles. The second-order valence-corrected chi connectivity index (χ2v) is 1.38. The fourth-order valence-electron chi connectivity index (χ4n) is 0.464. The van der Waals surface area contributed by atoms with Crippen molar-refractivity contribution in [2.75, 3.05) is 0 Å². The molecule has 0 atom stereocenters. The van der Waals surface area contributed by atoms with Gasteiger partial charge in [0.25, 0.3) is 0 Å². The summed E-state index contributed by atoms with van der Waals surface area (Å²) in [6, 6.07) is 0. The van der Waals surface area contributed by atoms with Gasteiger partial charge in [-0.3, -0.25) is 0 Å². The Morgan fingerprint density at radius 2 is 2.00 bits per heavy atom. The molecule has 0 N–H and O–H groups in total. The van der Waals surface area contributed by atoms with E-state index in [2.05, 4.69) is 0 Å². The summed E-state index contributed by atoms with van der Waals surface area (Å²) < 4.78 is 9.80. The standard InChI is InChI=1S/C4H7BO2/c1-2-5-6-3-4-7-5/h3-4H,2H2,1H3. The lowest BCUT2D eigenvalue weighted by molar-refractivity contribution is 0.407. The minimum Gasteiger partial charge on any atom is -0.529 e. The molecule has 1 aliphatic rings. The van der Waals surface area contributed by atoms with Crippen LogP contribution in [-0.4, -0.2) is 7.12 Å². The molecule has 0 saturated carbocycles. The Balaban J connectivity index is 2.22. The van der Waals surface area contributed by atoms with Gasteiger partial charge in [0.2, 0.25) is 0 Å². The Kier molecular flexibility index (Phi) is 1.25. The molecule has 0 bridgehead atoms. The second kappa shape index (κ2) is 1.91. The van der Waals surface area contributed by atoms with Gasteiger partial charge in [-0.05, 0) is 0 Å². The summed E-state index contributed by atoms with van der Waals surface area (Å²) in [5.74, 6) is 0. The van der Waals surface area contributed by atoms with Crippen LogP contribution in [0.4, 0.5) is 0 Å². The van der Waals surface area contributed by atoms with Crippen molar-refractivity contribution < 1.29 is 9.31 Å². The molecule has 0 radical (unpaired) electrons. The van der Waals surface area contributed by atoms with E-state index < -0.39 is 0 Å². The van der Waals surface area contributed by atoms with E-state index in [-0.39, 0.29) is 7.12 Å². The largest absolute Gasteiger partial charge is 0.593 e. The molecule has 0 fully saturated rings. The minimum absolute atomic E-state index is 0.0139. The van der Waals surface area contributed by atoms with Crippen LogP contribution in [0.1, 0.15) is 6.92 Å². The second-order valence-electron chi connectivity index (χ2n) is 1.38. The maximum Gasteiger partial charge on any atom is 0.593 e. The fourth-order valence-corrected chi connectivity index (χ4v) is 0.464. The SMILES string of the molecule is CCB1OC=CO1. The van der Waals surface area contributed by atoms with Gasteiger partial charge in [0.05, 0.1) is 12.5 Å². The topological polar surface area (TPSA) is 18.5 Å². The number of hydrogen-bond acceptors (Lipinski definition) is 2. The number of hydrogen-bond donors (Lipinski definition) is 0. The summed E-state index contributed by atoms with van der Waals surface area (Å²) in [5.41, 5.74) is 0. The van der Waals surface area contributed by atoms with Gasteiger partial charge < -0.3 is 9.31 Å². The van der Waals surface area contributed by atoms with Crippen molar-refractivity contribution >= 4 is 7.12 Å². The van der Waals surface area contributed by atoms with Crippen molar-refractivity contribution in [3.05, 3.63) is 12.5 Å². The summed E-state index contributed by atoms with van der Waals surface area (Å²) in [5, 5.41) is 0. The van der Waals surface area contributed by atoms with Crippen LogP contribution in [0, 0.1) is 0 Å². The van der Waals surface area contributed by atoms with E-state index in [1.807, 2.05) is 6.92 Å². The molecule has 2 nitrogen and oxygen atoms in total. The quantitative estimate of drug-likeness (QED) is 0.455. The average Bonchev–Trinajstić information content (AvgIpc) is 2.14. The molecule has 0 saturated heterocycles. The zero-order valence-corrected chi connectivity index (χ0v) is 4.26. The van der Waals surface area contributed by atoms with Crippen molar-refractivity contribution in [2.24, 2.45) is 0 Å². The van der Waals surface area contributed by atoms with E-state index in [0.717, 1.165) is 6.32 Å². The van der Waals surface area contributed by atoms with E-state index >= 15 is 0 Å². The molecule has 3 heteroatoms. The molecule has 0 unspecified atom stereocenters. The Hall–Kier alpha value is -0.595. The first-order valence-corrected chi connectivity index (χ1v) is 2.39. The lowest BCUT2D eigenvalue weighted by atomic mass is 9.87. The van der Waals surface area contributed by atoms with Crippen molar-refractivity contribution in [3.8, 4) is 0 Å². The lowest BCUT2D eigenvalue weighted by Gasteiger charge is -1.96. The van der Waals surface area contributed by atoms with Gasteiger partial charge in [-0.15, -0.1) is 0 Å². The molecular weight excluding hydrogens is 90.9 g/mol. The summed E-state index contributed by atoms with van der Waals surface area (Å²) in [6.45, 7) is 2.01. The summed E-state index contributed by atoms with van der Waals surface area (Å²) in [4.78, 5) is 0. The van der Waals surface area contributed by atoms with Crippen LogP contribution >= 0.6 is 0 Å². The van der Waals surface area contributed by atoms with Crippen LogP contribution in [0.5, 0.6) is 0 Å². The van der Waals surface area contributed by atoms with E-state index in [1.54, 1.807) is 12.5 Å². The zero-order chi connectivity index (χ0) is 5.11. The molecule has 1 heterocycles. The first kappa shape index (κ1) is 4.56. The van der Waals surface area contributed by atoms with E-state index in [1.165, 1.54) is 0 Å². The molecule has 38 valence electrons. The lowest BCUT2D eigenvalue weighted by Crippen LogP contribution is -2.10. The molecule has 0 aromatic rings. The summed E-state index contributed by atoms with van der Waals surface area (Å²) in [6.07, 6.45) is 4.04. The van der Waals surface area contributed by atoms with Gasteiger partial charge in [-0.2, -0.15) is 0 Å². The van der Waals surface area contributed by atoms with E-state index in [0.29, 0.717) is 0 Å². The summed E-state index contributed by atoms with van der Waals surface area (Å²) in [7, 11) is -0.0139. The third-order valence-electron chi connectivity index (χ3n) is 0.850. The van der Waals surface area contributed by atoms with Gasteiger partial charge in [0.1, 0.15) is 0 Å². The maximum absolute atomic E-state index is 4.90. The van der Waals surface area contributed by atoms with Crippen LogP contribution in [0.3, 0.4) is 0 Å². The van der Waals surface area contributed by atoms with Crippen molar-refractivity contribution in [2.45, 2.75) is 13.2 Å². The summed E-state index contributed by atoms with van der Waals surface area (Å²) >= 11 is 0. The molecule has 1 aliphatic heterocycles. The Bertz CT molecular complexity index is 73.8. The molecular formula is C4H7BO2. The molecule has 0 aromatic heterocycles. The first-order chi connectivity index (χ1) is 3.43. The van der Waals surface area contributed by atoms with Crippen LogP contribution in [0.15, 0.2) is 12.5 Å². The van der Waals surface area contributed by atoms with Gasteiger partial charge in [-0.25, -0.2) is 0 Å². The van der Waals surface area contributed by atoms with Crippen LogP contribution < -0.4 is 0 Å². The van der Waals surface area contributed by atoms with Crippen molar-refractivity contribution in [1.29, 1.82) is 0 Å². The van der Waals surface area contributed by atoms with Gasteiger partial charge in [-0.1, -0.05) is 6.92 Å². The zero-order valence-electron chi connectivity index (χ0n) is 4.26. The van der Waals surface area contributed by atoms with Crippen molar-refractivity contribution in [1.82, 2.24) is 0 Å². The van der Waals surface area contributed by atoms with Gasteiger partial charge >= 0.3 is 7.12 Å². The van der Waals surface area contributed by atoms with Crippen LogP contribution in [-0.2, 0) is 9.31 Å². The smallest absolute Gasteiger partial charge is 0.529 e. The van der Waals surface area contributed by atoms with E-state index in [4.69, 9.17) is 9.31 Å². The Morgan fingerprint density at radius 3 is 2.29 bits per heavy atom. The highest BCUT2D eigenvalue weighted by molar-refractivity contribution is 6.45. The molecule has 0 aromatic carbocycles. The predicted octanol–water partition coefficient (Wildman–Crippen LogP) is 1.01. The number of rotatable bonds is 1. The van der Waals surface area contributed by atoms with Crippen molar-refractivity contribution in [3.63, 3.8) is 0 Å². The molecule has 0 amide bonds.